The number of benzene rings is 1. The van der Waals surface area contributed by atoms with Gasteiger partial charge in [0, 0.05) is 17.3 Å². The standard InChI is InChI=1S/C13H13F3N2S/c1-8(7-19)9(2)18-11-4-3-10(6-17)12(5-11)13(14,15)16/h3-5,8,18-19H,2,7H2,1H3. The number of nitrogens with one attached hydrogen (secondary N) is 1. The number of alkyl halides is 3. The monoisotopic (exact) mass is 286 g/mol. The first-order valence-corrected chi connectivity index (χ1v) is 6.11. The zero-order valence-electron chi connectivity index (χ0n) is 10.3. The molecule has 1 atom stereocenters. The molecule has 0 aliphatic rings. The van der Waals surface area contributed by atoms with Crippen LogP contribution in [0.3, 0.4) is 0 Å². The van der Waals surface area contributed by atoms with Gasteiger partial charge in [-0.25, -0.2) is 0 Å². The third kappa shape index (κ3) is 3.93. The molecule has 19 heavy (non-hydrogen) atoms. The summed E-state index contributed by atoms with van der Waals surface area (Å²) in [7, 11) is 0. The second-order valence-electron chi connectivity index (χ2n) is 4.10. The van der Waals surface area contributed by atoms with Crippen LogP contribution in [0, 0.1) is 17.2 Å². The summed E-state index contributed by atoms with van der Waals surface area (Å²) in [5, 5.41) is 11.5. The van der Waals surface area contributed by atoms with E-state index in [2.05, 4.69) is 24.5 Å². The van der Waals surface area contributed by atoms with Gasteiger partial charge >= 0.3 is 6.18 Å². The van der Waals surface area contributed by atoms with Gasteiger partial charge in [-0.1, -0.05) is 13.5 Å². The SMILES string of the molecule is C=C(Nc1ccc(C#N)c(C(F)(F)F)c1)C(C)CS. The molecule has 0 radical (unpaired) electrons. The van der Waals surface area contributed by atoms with Gasteiger partial charge in [0.05, 0.1) is 17.2 Å². The van der Waals surface area contributed by atoms with E-state index in [1.54, 1.807) is 0 Å². The van der Waals surface area contributed by atoms with Crippen LogP contribution in [-0.4, -0.2) is 5.75 Å². The van der Waals surface area contributed by atoms with Crippen molar-refractivity contribution in [2.24, 2.45) is 5.92 Å². The minimum atomic E-state index is -4.56. The minimum absolute atomic E-state index is 0.0216. The van der Waals surface area contributed by atoms with Crippen molar-refractivity contribution >= 4 is 18.3 Å². The molecule has 0 spiro atoms. The largest absolute Gasteiger partial charge is 0.417 e. The second kappa shape index (κ2) is 6.02. The van der Waals surface area contributed by atoms with E-state index >= 15 is 0 Å². The highest BCUT2D eigenvalue weighted by Crippen LogP contribution is 2.34. The van der Waals surface area contributed by atoms with E-state index in [4.69, 9.17) is 5.26 Å². The fraction of sp³-hybridized carbons (Fsp3) is 0.308. The molecular formula is C13H13F3N2S. The van der Waals surface area contributed by atoms with Crippen molar-refractivity contribution in [3.8, 4) is 6.07 Å². The summed E-state index contributed by atoms with van der Waals surface area (Å²) in [6.07, 6.45) is -4.56. The Morgan fingerprint density at radius 2 is 2.16 bits per heavy atom. The zero-order valence-corrected chi connectivity index (χ0v) is 11.1. The lowest BCUT2D eigenvalue weighted by atomic mass is 10.1. The number of rotatable bonds is 4. The van der Waals surface area contributed by atoms with Crippen LogP contribution >= 0.6 is 12.6 Å². The molecule has 1 rings (SSSR count). The van der Waals surface area contributed by atoms with Gasteiger partial charge in [0.2, 0.25) is 0 Å². The molecule has 1 N–H and O–H groups in total. The van der Waals surface area contributed by atoms with Crippen molar-refractivity contribution in [1.82, 2.24) is 0 Å². The Labute approximate surface area is 115 Å². The normalized spacial score (nSPS) is 12.6. The molecule has 0 fully saturated rings. The van der Waals surface area contributed by atoms with Crippen molar-refractivity contribution < 1.29 is 13.2 Å². The van der Waals surface area contributed by atoms with Gasteiger partial charge in [0.25, 0.3) is 0 Å². The molecule has 0 amide bonds. The number of hydrogen-bond donors (Lipinski definition) is 2. The van der Waals surface area contributed by atoms with Crippen LogP contribution in [0.2, 0.25) is 0 Å². The van der Waals surface area contributed by atoms with Crippen LogP contribution in [0.25, 0.3) is 0 Å². The molecule has 0 saturated heterocycles. The lowest BCUT2D eigenvalue weighted by Gasteiger charge is -2.16. The topological polar surface area (TPSA) is 35.8 Å². The zero-order chi connectivity index (χ0) is 14.6. The molecule has 0 aliphatic heterocycles. The molecule has 0 bridgehead atoms. The van der Waals surface area contributed by atoms with Crippen LogP contribution in [0.4, 0.5) is 18.9 Å². The van der Waals surface area contributed by atoms with E-state index in [9.17, 15) is 13.2 Å². The van der Waals surface area contributed by atoms with E-state index < -0.39 is 17.3 Å². The summed E-state index contributed by atoms with van der Waals surface area (Å²) in [6.45, 7) is 5.61. The average Bonchev–Trinajstić information content (AvgIpc) is 2.36. The third-order valence-electron chi connectivity index (χ3n) is 2.62. The maximum absolute atomic E-state index is 12.8. The summed E-state index contributed by atoms with van der Waals surface area (Å²) in [4.78, 5) is 0. The summed E-state index contributed by atoms with van der Waals surface area (Å²) >= 11 is 4.10. The highest BCUT2D eigenvalue weighted by molar-refractivity contribution is 7.80. The predicted octanol–water partition coefficient (Wildman–Crippen LogP) is 4.07. The Kier molecular flexibility index (Phi) is 4.90. The quantitative estimate of drug-likeness (QED) is 0.818. The summed E-state index contributed by atoms with van der Waals surface area (Å²) in [5.74, 6) is 0.558. The first-order chi connectivity index (χ1) is 8.79. The Morgan fingerprint density at radius 3 is 2.63 bits per heavy atom. The molecule has 0 saturated carbocycles. The fourth-order valence-electron chi connectivity index (χ4n) is 1.37. The third-order valence-corrected chi connectivity index (χ3v) is 3.17. The van der Waals surface area contributed by atoms with Gasteiger partial charge in [0.15, 0.2) is 0 Å². The fourth-order valence-corrected chi connectivity index (χ4v) is 1.59. The van der Waals surface area contributed by atoms with E-state index in [0.29, 0.717) is 11.4 Å². The van der Waals surface area contributed by atoms with E-state index in [1.165, 1.54) is 12.1 Å². The van der Waals surface area contributed by atoms with E-state index in [1.807, 2.05) is 6.92 Å². The van der Waals surface area contributed by atoms with Crippen LogP contribution in [0.15, 0.2) is 30.5 Å². The molecule has 102 valence electrons. The number of allylic oxidation sites excluding steroid dienone is 1. The summed E-state index contributed by atoms with van der Waals surface area (Å²) in [6, 6.07) is 5.01. The number of halogens is 3. The van der Waals surface area contributed by atoms with Crippen LogP contribution in [-0.2, 0) is 6.18 Å². The highest BCUT2D eigenvalue weighted by Gasteiger charge is 2.33. The molecule has 0 aliphatic carbocycles. The van der Waals surface area contributed by atoms with Crippen LogP contribution < -0.4 is 5.32 Å². The van der Waals surface area contributed by atoms with Gasteiger partial charge in [-0.05, 0) is 24.0 Å². The molecule has 0 heterocycles. The van der Waals surface area contributed by atoms with Crippen LogP contribution in [0.5, 0.6) is 0 Å². The first kappa shape index (κ1) is 15.4. The molecular weight excluding hydrogens is 273 g/mol. The molecule has 6 heteroatoms. The van der Waals surface area contributed by atoms with Crippen molar-refractivity contribution in [2.45, 2.75) is 13.1 Å². The molecule has 0 aromatic heterocycles. The molecule has 1 unspecified atom stereocenters. The Hall–Kier alpha value is -1.61. The molecule has 1 aromatic rings. The van der Waals surface area contributed by atoms with Crippen LogP contribution in [0.1, 0.15) is 18.1 Å². The van der Waals surface area contributed by atoms with E-state index in [0.717, 1.165) is 12.1 Å². The van der Waals surface area contributed by atoms with Crippen molar-refractivity contribution in [1.29, 1.82) is 5.26 Å². The highest BCUT2D eigenvalue weighted by atomic mass is 32.1. The van der Waals surface area contributed by atoms with Crippen molar-refractivity contribution in [3.63, 3.8) is 0 Å². The van der Waals surface area contributed by atoms with Crippen molar-refractivity contribution in [3.05, 3.63) is 41.6 Å². The molecule has 2 nitrogen and oxygen atoms in total. The van der Waals surface area contributed by atoms with Gasteiger partial charge in [-0.15, -0.1) is 0 Å². The number of anilines is 1. The summed E-state index contributed by atoms with van der Waals surface area (Å²) in [5.41, 5.74) is -0.518. The number of nitriles is 1. The van der Waals surface area contributed by atoms with Gasteiger partial charge < -0.3 is 5.32 Å². The van der Waals surface area contributed by atoms with E-state index in [-0.39, 0.29) is 11.6 Å². The van der Waals surface area contributed by atoms with Crippen molar-refractivity contribution in [2.75, 3.05) is 11.1 Å². The second-order valence-corrected chi connectivity index (χ2v) is 4.47. The predicted molar refractivity (Wildman–Crippen MR) is 71.9 cm³/mol. The number of nitrogens with zero attached hydrogens (tertiary/aromatic N) is 1. The maximum atomic E-state index is 12.8. The Bertz CT molecular complexity index is 518. The minimum Gasteiger partial charge on any atom is -0.359 e. The van der Waals surface area contributed by atoms with Gasteiger partial charge in [-0.3, -0.25) is 0 Å². The summed E-state index contributed by atoms with van der Waals surface area (Å²) < 4.78 is 38.3. The first-order valence-electron chi connectivity index (χ1n) is 5.47. The number of thiol groups is 1. The smallest absolute Gasteiger partial charge is 0.359 e. The lowest BCUT2D eigenvalue weighted by molar-refractivity contribution is -0.137. The Balaban J connectivity index is 3.07. The lowest BCUT2D eigenvalue weighted by Crippen LogP contribution is -2.12. The van der Waals surface area contributed by atoms with Gasteiger partial charge in [-0.2, -0.15) is 31.1 Å². The number of hydrogen-bond acceptors (Lipinski definition) is 3. The van der Waals surface area contributed by atoms with Gasteiger partial charge in [0.1, 0.15) is 0 Å². The Morgan fingerprint density at radius 1 is 1.53 bits per heavy atom. The maximum Gasteiger partial charge on any atom is 0.417 e. The molecule has 1 aromatic carbocycles. The average molecular weight is 286 g/mol.